The first-order chi connectivity index (χ1) is 13.2. The molecule has 27 heavy (non-hydrogen) atoms. The molecule has 3 rings (SSSR count). The number of benzene rings is 2. The molecular weight excluding hydrogens is 340 g/mol. The van der Waals surface area contributed by atoms with Crippen molar-refractivity contribution in [2.45, 2.75) is 13.5 Å². The zero-order valence-electron chi connectivity index (χ0n) is 15.4. The second-order valence-corrected chi connectivity index (χ2v) is 6.01. The van der Waals surface area contributed by atoms with Crippen LogP contribution in [-0.4, -0.2) is 29.6 Å². The van der Waals surface area contributed by atoms with Gasteiger partial charge < -0.3 is 15.0 Å². The van der Waals surface area contributed by atoms with Crippen LogP contribution in [0.4, 0.5) is 17.5 Å². The highest BCUT2D eigenvalue weighted by Gasteiger charge is 2.08. The van der Waals surface area contributed by atoms with Gasteiger partial charge in [0, 0.05) is 25.5 Å². The lowest BCUT2D eigenvalue weighted by molar-refractivity contribution is 0.0526. The zero-order chi connectivity index (χ0) is 19.1. The molecule has 0 aliphatic carbocycles. The van der Waals surface area contributed by atoms with Gasteiger partial charge in [0.1, 0.15) is 5.82 Å². The second-order valence-electron chi connectivity index (χ2n) is 6.01. The maximum absolute atomic E-state index is 11.7. The molecule has 6 heteroatoms. The third-order valence-electron chi connectivity index (χ3n) is 3.92. The Morgan fingerprint density at radius 3 is 2.52 bits per heavy atom. The quantitative estimate of drug-likeness (QED) is 0.640. The van der Waals surface area contributed by atoms with Crippen LogP contribution in [-0.2, 0) is 11.3 Å². The van der Waals surface area contributed by atoms with Crippen LogP contribution >= 0.6 is 0 Å². The highest BCUT2D eigenvalue weighted by atomic mass is 16.5. The van der Waals surface area contributed by atoms with E-state index in [4.69, 9.17) is 4.74 Å². The Kier molecular flexibility index (Phi) is 5.99. The SMILES string of the molecule is CCOC(=O)c1ccc(Nc2ccnc(N(C)Cc3ccccc3)n2)cc1. The Bertz CT molecular complexity index is 882. The molecule has 3 aromatic rings. The number of hydrogen-bond donors (Lipinski definition) is 1. The fraction of sp³-hybridized carbons (Fsp3) is 0.190. The summed E-state index contributed by atoms with van der Waals surface area (Å²) in [5.74, 6) is 0.992. The minimum Gasteiger partial charge on any atom is -0.462 e. The van der Waals surface area contributed by atoms with E-state index in [1.165, 1.54) is 5.56 Å². The lowest BCUT2D eigenvalue weighted by Gasteiger charge is -2.17. The van der Waals surface area contributed by atoms with Gasteiger partial charge in [0.05, 0.1) is 12.2 Å². The number of carbonyl (C=O) groups is 1. The van der Waals surface area contributed by atoms with Crippen molar-refractivity contribution in [2.75, 3.05) is 23.9 Å². The standard InChI is InChI=1S/C21H22N4O2/c1-3-27-20(26)17-9-11-18(12-10-17)23-19-13-14-22-21(24-19)25(2)15-16-7-5-4-6-8-16/h4-14H,3,15H2,1-2H3,(H,22,23,24). The van der Waals surface area contributed by atoms with E-state index < -0.39 is 0 Å². The molecule has 138 valence electrons. The van der Waals surface area contributed by atoms with Crippen LogP contribution in [0.2, 0.25) is 0 Å². The minimum atomic E-state index is -0.323. The van der Waals surface area contributed by atoms with Crippen LogP contribution in [0.1, 0.15) is 22.8 Å². The molecule has 2 aromatic carbocycles. The minimum absolute atomic E-state index is 0.323. The van der Waals surface area contributed by atoms with Crippen LogP contribution in [0.3, 0.4) is 0 Å². The van der Waals surface area contributed by atoms with E-state index in [-0.39, 0.29) is 5.97 Å². The van der Waals surface area contributed by atoms with Crippen molar-refractivity contribution >= 4 is 23.4 Å². The van der Waals surface area contributed by atoms with Crippen LogP contribution in [0.5, 0.6) is 0 Å². The molecule has 0 aliphatic heterocycles. The summed E-state index contributed by atoms with van der Waals surface area (Å²) in [6.45, 7) is 2.87. The summed E-state index contributed by atoms with van der Waals surface area (Å²) in [6.07, 6.45) is 1.72. The molecule has 1 heterocycles. The molecule has 0 spiro atoms. The van der Waals surface area contributed by atoms with Gasteiger partial charge in [0.25, 0.3) is 0 Å². The molecule has 0 atom stereocenters. The fourth-order valence-electron chi connectivity index (χ4n) is 2.58. The average Bonchev–Trinajstić information content (AvgIpc) is 2.70. The van der Waals surface area contributed by atoms with Crippen molar-refractivity contribution in [1.29, 1.82) is 0 Å². The summed E-state index contributed by atoms with van der Waals surface area (Å²) in [6, 6.07) is 19.1. The van der Waals surface area contributed by atoms with Crippen LogP contribution < -0.4 is 10.2 Å². The van der Waals surface area contributed by atoms with E-state index in [1.807, 2.05) is 42.3 Å². The van der Waals surface area contributed by atoms with Gasteiger partial charge >= 0.3 is 5.97 Å². The average molecular weight is 362 g/mol. The van der Waals surface area contributed by atoms with Crippen molar-refractivity contribution in [1.82, 2.24) is 9.97 Å². The lowest BCUT2D eigenvalue weighted by Crippen LogP contribution is -2.19. The number of carbonyl (C=O) groups excluding carboxylic acids is 1. The molecule has 0 saturated carbocycles. The monoisotopic (exact) mass is 362 g/mol. The third kappa shape index (κ3) is 5.04. The zero-order valence-corrected chi connectivity index (χ0v) is 15.4. The van der Waals surface area contributed by atoms with Crippen LogP contribution in [0, 0.1) is 0 Å². The molecule has 0 unspecified atom stereocenters. The lowest BCUT2D eigenvalue weighted by atomic mass is 10.2. The first-order valence-electron chi connectivity index (χ1n) is 8.78. The van der Waals surface area contributed by atoms with E-state index in [1.54, 1.807) is 31.3 Å². The highest BCUT2D eigenvalue weighted by Crippen LogP contribution is 2.18. The number of rotatable bonds is 7. The first-order valence-corrected chi connectivity index (χ1v) is 8.78. The van der Waals surface area contributed by atoms with Gasteiger partial charge in [0.2, 0.25) is 5.95 Å². The Morgan fingerprint density at radius 2 is 1.81 bits per heavy atom. The maximum Gasteiger partial charge on any atom is 0.338 e. The van der Waals surface area contributed by atoms with Crippen molar-refractivity contribution in [2.24, 2.45) is 0 Å². The number of nitrogens with one attached hydrogen (secondary N) is 1. The number of hydrogen-bond acceptors (Lipinski definition) is 6. The van der Waals surface area contributed by atoms with E-state index in [2.05, 4.69) is 27.4 Å². The molecule has 0 amide bonds. The van der Waals surface area contributed by atoms with Gasteiger partial charge in [0.15, 0.2) is 0 Å². The predicted octanol–water partition coefficient (Wildman–Crippen LogP) is 4.03. The summed E-state index contributed by atoms with van der Waals surface area (Å²) in [5.41, 5.74) is 2.54. The molecule has 1 aromatic heterocycles. The number of esters is 1. The van der Waals surface area contributed by atoms with Crippen molar-refractivity contribution in [3.63, 3.8) is 0 Å². The predicted molar refractivity (Wildman–Crippen MR) is 106 cm³/mol. The van der Waals surface area contributed by atoms with Gasteiger partial charge in [-0.1, -0.05) is 30.3 Å². The Labute approximate surface area is 158 Å². The van der Waals surface area contributed by atoms with Gasteiger partial charge in [-0.25, -0.2) is 9.78 Å². The molecule has 6 nitrogen and oxygen atoms in total. The summed E-state index contributed by atoms with van der Waals surface area (Å²) in [5, 5.41) is 3.23. The Balaban J connectivity index is 1.67. The van der Waals surface area contributed by atoms with E-state index >= 15 is 0 Å². The summed E-state index contributed by atoms with van der Waals surface area (Å²) in [4.78, 5) is 22.6. The van der Waals surface area contributed by atoms with Gasteiger partial charge in [-0.15, -0.1) is 0 Å². The topological polar surface area (TPSA) is 67.3 Å². The van der Waals surface area contributed by atoms with Crippen molar-refractivity contribution in [3.05, 3.63) is 78.0 Å². The summed E-state index contributed by atoms with van der Waals surface area (Å²) >= 11 is 0. The summed E-state index contributed by atoms with van der Waals surface area (Å²) in [7, 11) is 1.96. The Morgan fingerprint density at radius 1 is 1.07 bits per heavy atom. The largest absolute Gasteiger partial charge is 0.462 e. The van der Waals surface area contributed by atoms with E-state index in [0.717, 1.165) is 12.2 Å². The molecule has 0 aliphatic rings. The third-order valence-corrected chi connectivity index (χ3v) is 3.92. The fourth-order valence-corrected chi connectivity index (χ4v) is 2.58. The number of anilines is 3. The normalized spacial score (nSPS) is 10.3. The highest BCUT2D eigenvalue weighted by molar-refractivity contribution is 5.89. The van der Waals surface area contributed by atoms with Crippen molar-refractivity contribution < 1.29 is 9.53 Å². The summed E-state index contributed by atoms with van der Waals surface area (Å²) < 4.78 is 4.99. The van der Waals surface area contributed by atoms with Crippen LogP contribution in [0.15, 0.2) is 66.9 Å². The van der Waals surface area contributed by atoms with E-state index in [9.17, 15) is 4.79 Å². The molecule has 0 radical (unpaired) electrons. The smallest absolute Gasteiger partial charge is 0.338 e. The molecule has 0 bridgehead atoms. The van der Waals surface area contributed by atoms with E-state index in [0.29, 0.717) is 23.9 Å². The molecular formula is C21H22N4O2. The molecule has 1 N–H and O–H groups in total. The van der Waals surface area contributed by atoms with Crippen molar-refractivity contribution in [3.8, 4) is 0 Å². The number of aromatic nitrogens is 2. The number of ether oxygens (including phenoxy) is 1. The van der Waals surface area contributed by atoms with Gasteiger partial charge in [-0.3, -0.25) is 0 Å². The maximum atomic E-state index is 11.7. The van der Waals surface area contributed by atoms with Gasteiger partial charge in [-0.05, 0) is 42.8 Å². The molecule has 0 saturated heterocycles. The number of nitrogens with zero attached hydrogens (tertiary/aromatic N) is 3. The van der Waals surface area contributed by atoms with Crippen LogP contribution in [0.25, 0.3) is 0 Å². The first kappa shape index (κ1) is 18.4. The van der Waals surface area contributed by atoms with Gasteiger partial charge in [-0.2, -0.15) is 4.98 Å². The second kappa shape index (κ2) is 8.80. The molecule has 0 fully saturated rings. The Hall–Kier alpha value is -3.41.